The van der Waals surface area contributed by atoms with E-state index in [2.05, 4.69) is 11.9 Å². The number of benzene rings is 3. The molecule has 0 aliphatic carbocycles. The van der Waals surface area contributed by atoms with Crippen LogP contribution in [0, 0.1) is 23.0 Å². The lowest BCUT2D eigenvalue weighted by Gasteiger charge is -2.17. The summed E-state index contributed by atoms with van der Waals surface area (Å²) < 4.78 is 39.7. The van der Waals surface area contributed by atoms with E-state index in [9.17, 15) is 18.8 Å². The Kier molecular flexibility index (Phi) is 8.74. The zero-order chi connectivity index (χ0) is 25.2. The number of carbonyl (C=O) groups is 1. The Morgan fingerprint density at radius 2 is 1.77 bits per heavy atom. The highest BCUT2D eigenvalue weighted by atomic mass is 19.1. The van der Waals surface area contributed by atoms with Crippen molar-refractivity contribution in [2.75, 3.05) is 11.9 Å². The number of nitriles is 1. The minimum Gasteiger partial charge on any atom is -0.490 e. The second-order valence-electron chi connectivity index (χ2n) is 7.42. The van der Waals surface area contributed by atoms with Crippen molar-refractivity contribution in [2.45, 2.75) is 20.0 Å². The van der Waals surface area contributed by atoms with Gasteiger partial charge in [0, 0.05) is 11.1 Å². The van der Waals surface area contributed by atoms with Gasteiger partial charge < -0.3 is 14.8 Å². The number of halogens is 2. The van der Waals surface area contributed by atoms with E-state index >= 15 is 0 Å². The van der Waals surface area contributed by atoms with Gasteiger partial charge in [-0.1, -0.05) is 36.4 Å². The van der Waals surface area contributed by atoms with Gasteiger partial charge in [-0.05, 0) is 55.3 Å². The van der Waals surface area contributed by atoms with Crippen LogP contribution in [-0.2, 0) is 17.8 Å². The summed E-state index contributed by atoms with van der Waals surface area (Å²) in [5.74, 6) is -0.945. The van der Waals surface area contributed by atoms with Crippen molar-refractivity contribution in [2.24, 2.45) is 0 Å². The molecule has 3 rings (SSSR count). The van der Waals surface area contributed by atoms with E-state index in [4.69, 9.17) is 9.47 Å². The fraction of sp³-hybridized carbons (Fsp3) is 0.143. The van der Waals surface area contributed by atoms with E-state index in [0.717, 1.165) is 0 Å². The van der Waals surface area contributed by atoms with E-state index in [1.165, 1.54) is 30.3 Å². The largest absolute Gasteiger partial charge is 0.490 e. The van der Waals surface area contributed by atoms with Gasteiger partial charge in [-0.15, -0.1) is 6.58 Å². The molecule has 0 heterocycles. The lowest BCUT2D eigenvalue weighted by Crippen LogP contribution is -2.14. The Morgan fingerprint density at radius 3 is 2.43 bits per heavy atom. The first-order chi connectivity index (χ1) is 17.0. The Morgan fingerprint density at radius 1 is 1.06 bits per heavy atom. The SMILES string of the molecule is C=CCc1cc(/C=C(/C#N)C(=O)Nc2ccccc2F)cc(OCC)c1OCc1ccccc1F. The molecule has 5 nitrogen and oxygen atoms in total. The number of allylic oxidation sites excluding steroid dienone is 1. The lowest BCUT2D eigenvalue weighted by molar-refractivity contribution is -0.112. The third-order valence-corrected chi connectivity index (χ3v) is 4.95. The normalized spacial score (nSPS) is 10.9. The highest BCUT2D eigenvalue weighted by Gasteiger charge is 2.16. The van der Waals surface area contributed by atoms with E-state index in [1.807, 2.05) is 6.07 Å². The molecular weight excluding hydrogens is 450 g/mol. The second-order valence-corrected chi connectivity index (χ2v) is 7.42. The quantitative estimate of drug-likeness (QED) is 0.215. The van der Waals surface area contributed by atoms with Crippen LogP contribution in [0.5, 0.6) is 11.5 Å². The van der Waals surface area contributed by atoms with Crippen LogP contribution in [-0.4, -0.2) is 12.5 Å². The third kappa shape index (κ3) is 6.55. The topological polar surface area (TPSA) is 71.4 Å². The molecular formula is C28H24F2N2O3. The minimum absolute atomic E-state index is 0.0133. The fourth-order valence-corrected chi connectivity index (χ4v) is 3.33. The van der Waals surface area contributed by atoms with Gasteiger partial charge in [0.25, 0.3) is 5.91 Å². The van der Waals surface area contributed by atoms with Crippen LogP contribution in [0.25, 0.3) is 6.08 Å². The van der Waals surface area contributed by atoms with Crippen LogP contribution in [0.15, 0.2) is 78.9 Å². The number of carbonyl (C=O) groups excluding carboxylic acids is 1. The molecule has 7 heteroatoms. The smallest absolute Gasteiger partial charge is 0.266 e. The molecule has 178 valence electrons. The number of hydrogen-bond acceptors (Lipinski definition) is 4. The molecule has 0 saturated heterocycles. The number of nitrogens with one attached hydrogen (secondary N) is 1. The van der Waals surface area contributed by atoms with Crippen LogP contribution in [0.3, 0.4) is 0 Å². The molecule has 0 bridgehead atoms. The number of ether oxygens (including phenoxy) is 2. The molecule has 35 heavy (non-hydrogen) atoms. The molecule has 1 N–H and O–H groups in total. The maximum atomic E-state index is 14.1. The maximum absolute atomic E-state index is 14.1. The number of rotatable bonds is 10. The molecule has 0 saturated carbocycles. The van der Waals surface area contributed by atoms with Gasteiger partial charge in [-0.2, -0.15) is 5.26 Å². The highest BCUT2D eigenvalue weighted by Crippen LogP contribution is 2.35. The molecule has 1 amide bonds. The summed E-state index contributed by atoms with van der Waals surface area (Å²) in [4.78, 5) is 12.6. The van der Waals surface area contributed by atoms with Crippen molar-refractivity contribution in [3.63, 3.8) is 0 Å². The first-order valence-electron chi connectivity index (χ1n) is 10.9. The lowest BCUT2D eigenvalue weighted by atomic mass is 10.0. The number of amides is 1. The molecule has 0 radical (unpaired) electrons. The molecule has 3 aromatic carbocycles. The minimum atomic E-state index is -0.749. The highest BCUT2D eigenvalue weighted by molar-refractivity contribution is 6.09. The molecule has 0 unspecified atom stereocenters. The van der Waals surface area contributed by atoms with Crippen molar-refractivity contribution >= 4 is 17.7 Å². The Hall–Kier alpha value is -4.44. The van der Waals surface area contributed by atoms with Gasteiger partial charge in [0.2, 0.25) is 0 Å². The van der Waals surface area contributed by atoms with Gasteiger partial charge in [-0.3, -0.25) is 4.79 Å². The summed E-state index contributed by atoms with van der Waals surface area (Å²) in [7, 11) is 0. The van der Waals surface area contributed by atoms with Gasteiger partial charge in [0.05, 0.1) is 12.3 Å². The predicted molar refractivity (Wildman–Crippen MR) is 131 cm³/mol. The van der Waals surface area contributed by atoms with E-state index in [1.54, 1.807) is 49.4 Å². The van der Waals surface area contributed by atoms with Gasteiger partial charge in [0.1, 0.15) is 29.9 Å². The number of anilines is 1. The molecule has 0 aliphatic rings. The molecule has 0 spiro atoms. The van der Waals surface area contributed by atoms with E-state index < -0.39 is 11.7 Å². The van der Waals surface area contributed by atoms with Crippen molar-refractivity contribution in [1.82, 2.24) is 0 Å². The molecule has 0 atom stereocenters. The zero-order valence-electron chi connectivity index (χ0n) is 19.2. The Labute approximate surface area is 202 Å². The zero-order valence-corrected chi connectivity index (χ0v) is 19.2. The van der Waals surface area contributed by atoms with Crippen molar-refractivity contribution < 1.29 is 23.0 Å². The molecule has 0 fully saturated rings. The Bertz CT molecular complexity index is 1300. The summed E-state index contributed by atoms with van der Waals surface area (Å²) >= 11 is 0. The monoisotopic (exact) mass is 474 g/mol. The summed E-state index contributed by atoms with van der Waals surface area (Å²) in [6.07, 6.45) is 3.45. The summed E-state index contributed by atoms with van der Waals surface area (Å²) in [5.41, 5.74) is 1.32. The third-order valence-electron chi connectivity index (χ3n) is 4.95. The first kappa shape index (κ1) is 25.2. The second kappa shape index (κ2) is 12.1. The summed E-state index contributed by atoms with van der Waals surface area (Å²) in [5, 5.41) is 12.0. The average molecular weight is 475 g/mol. The average Bonchev–Trinajstić information content (AvgIpc) is 2.84. The number of hydrogen-bond donors (Lipinski definition) is 1. The molecule has 3 aromatic rings. The fourth-order valence-electron chi connectivity index (χ4n) is 3.33. The van der Waals surface area contributed by atoms with Crippen LogP contribution < -0.4 is 14.8 Å². The summed E-state index contributed by atoms with van der Waals surface area (Å²) in [6, 6.07) is 17.2. The predicted octanol–water partition coefficient (Wildman–Crippen LogP) is 6.22. The van der Waals surface area contributed by atoms with Crippen molar-refractivity contribution in [3.8, 4) is 17.6 Å². The molecule has 0 aromatic heterocycles. The van der Waals surface area contributed by atoms with Gasteiger partial charge in [-0.25, -0.2) is 8.78 Å². The standard InChI is InChI=1S/C28H24F2N2O3/c1-3-9-20-14-19(15-22(17-31)28(33)32-25-13-8-7-12-24(25)30)16-26(34-4-2)27(20)35-18-21-10-5-6-11-23(21)29/h3,5-8,10-16H,1,4,9,18H2,2H3,(H,32,33)/b22-15-. The first-order valence-corrected chi connectivity index (χ1v) is 10.9. The Balaban J connectivity index is 1.95. The van der Waals surface area contributed by atoms with Crippen LogP contribution in [0.1, 0.15) is 23.6 Å². The summed E-state index contributed by atoms with van der Waals surface area (Å²) in [6.45, 7) is 5.89. The van der Waals surface area contributed by atoms with Crippen molar-refractivity contribution in [1.29, 1.82) is 5.26 Å². The van der Waals surface area contributed by atoms with Crippen LogP contribution >= 0.6 is 0 Å². The van der Waals surface area contributed by atoms with Crippen molar-refractivity contribution in [3.05, 3.63) is 107 Å². The van der Waals surface area contributed by atoms with Gasteiger partial charge >= 0.3 is 0 Å². The maximum Gasteiger partial charge on any atom is 0.266 e. The van der Waals surface area contributed by atoms with E-state index in [-0.39, 0.29) is 23.7 Å². The van der Waals surface area contributed by atoms with E-state index in [0.29, 0.717) is 41.2 Å². The van der Waals surface area contributed by atoms with Crippen LogP contribution in [0.2, 0.25) is 0 Å². The van der Waals surface area contributed by atoms with Gasteiger partial charge in [0.15, 0.2) is 11.5 Å². The van der Waals surface area contributed by atoms with Crippen LogP contribution in [0.4, 0.5) is 14.5 Å². The number of para-hydroxylation sites is 1. The molecule has 0 aliphatic heterocycles. The number of nitrogens with zero attached hydrogens (tertiary/aromatic N) is 1.